The molecule has 0 aliphatic rings. The average Bonchev–Trinajstić information content (AvgIpc) is 3.03. The van der Waals surface area contributed by atoms with Gasteiger partial charge in [0.15, 0.2) is 5.82 Å². The summed E-state index contributed by atoms with van der Waals surface area (Å²) < 4.78 is 3.96. The number of halogens is 1. The highest BCUT2D eigenvalue weighted by atomic mass is 127. The minimum atomic E-state index is 0.404. The first-order valence-corrected chi connectivity index (χ1v) is 6.16. The molecule has 18 heavy (non-hydrogen) atoms. The van der Waals surface area contributed by atoms with E-state index in [2.05, 4.69) is 42.8 Å². The number of anilines is 1. The molecule has 0 radical (unpaired) electrons. The maximum absolute atomic E-state index is 5.89. The SMILES string of the molecule is Nc1nc(-n2cccn2)nc(-n2cccn2)c1I. The summed E-state index contributed by atoms with van der Waals surface area (Å²) >= 11 is 2.10. The van der Waals surface area contributed by atoms with Gasteiger partial charge >= 0.3 is 0 Å². The van der Waals surface area contributed by atoms with Crippen molar-refractivity contribution in [3.63, 3.8) is 0 Å². The average molecular weight is 353 g/mol. The van der Waals surface area contributed by atoms with E-state index in [1.165, 1.54) is 0 Å². The second kappa shape index (κ2) is 4.37. The van der Waals surface area contributed by atoms with Crippen molar-refractivity contribution in [1.29, 1.82) is 0 Å². The maximum atomic E-state index is 5.89. The zero-order valence-corrected chi connectivity index (χ0v) is 11.3. The molecule has 0 saturated heterocycles. The summed E-state index contributed by atoms with van der Waals surface area (Å²) in [5.41, 5.74) is 5.89. The Morgan fingerprint density at radius 2 is 1.67 bits per heavy atom. The minimum Gasteiger partial charge on any atom is -0.383 e. The zero-order chi connectivity index (χ0) is 12.5. The first-order valence-electron chi connectivity index (χ1n) is 5.09. The van der Waals surface area contributed by atoms with Crippen LogP contribution in [0.3, 0.4) is 0 Å². The van der Waals surface area contributed by atoms with Gasteiger partial charge in [-0.1, -0.05) is 0 Å². The van der Waals surface area contributed by atoms with E-state index >= 15 is 0 Å². The highest BCUT2D eigenvalue weighted by molar-refractivity contribution is 14.1. The van der Waals surface area contributed by atoms with Crippen LogP contribution in [-0.2, 0) is 0 Å². The fraction of sp³-hybridized carbons (Fsp3) is 0. The summed E-state index contributed by atoms with van der Waals surface area (Å²) in [4.78, 5) is 8.62. The number of aromatic nitrogens is 6. The van der Waals surface area contributed by atoms with Crippen molar-refractivity contribution < 1.29 is 0 Å². The number of hydrogen-bond acceptors (Lipinski definition) is 5. The van der Waals surface area contributed by atoms with Crippen molar-refractivity contribution in [2.75, 3.05) is 5.73 Å². The van der Waals surface area contributed by atoms with Gasteiger partial charge in [0.25, 0.3) is 5.95 Å². The number of rotatable bonds is 2. The number of nitrogens with zero attached hydrogens (tertiary/aromatic N) is 6. The Bertz CT molecular complexity index is 660. The topological polar surface area (TPSA) is 87.4 Å². The van der Waals surface area contributed by atoms with Gasteiger partial charge < -0.3 is 5.73 Å². The van der Waals surface area contributed by atoms with Crippen LogP contribution in [0.25, 0.3) is 11.8 Å². The molecule has 3 aromatic heterocycles. The molecule has 0 saturated carbocycles. The van der Waals surface area contributed by atoms with Crippen LogP contribution in [-0.4, -0.2) is 29.5 Å². The molecule has 3 aromatic rings. The number of hydrogen-bond donors (Lipinski definition) is 1. The van der Waals surface area contributed by atoms with Crippen LogP contribution < -0.4 is 5.73 Å². The van der Waals surface area contributed by atoms with Crippen molar-refractivity contribution in [3.05, 3.63) is 40.5 Å². The summed E-state index contributed by atoms with van der Waals surface area (Å²) in [6, 6.07) is 3.62. The molecule has 3 heterocycles. The third kappa shape index (κ3) is 1.83. The largest absolute Gasteiger partial charge is 0.383 e. The molecule has 7 nitrogen and oxygen atoms in total. The van der Waals surface area contributed by atoms with Gasteiger partial charge in [0.05, 0.1) is 0 Å². The van der Waals surface area contributed by atoms with E-state index < -0.39 is 0 Å². The van der Waals surface area contributed by atoms with Gasteiger partial charge in [-0.25, -0.2) is 9.36 Å². The Balaban J connectivity index is 2.20. The lowest BCUT2D eigenvalue weighted by Gasteiger charge is -2.08. The zero-order valence-electron chi connectivity index (χ0n) is 9.10. The fourth-order valence-electron chi connectivity index (χ4n) is 1.48. The molecule has 0 aromatic carbocycles. The maximum Gasteiger partial charge on any atom is 0.254 e. The monoisotopic (exact) mass is 353 g/mol. The summed E-state index contributed by atoms with van der Waals surface area (Å²) in [6.45, 7) is 0. The molecular weight excluding hydrogens is 345 g/mol. The summed E-state index contributed by atoms with van der Waals surface area (Å²) in [5.74, 6) is 1.46. The third-order valence-electron chi connectivity index (χ3n) is 2.28. The van der Waals surface area contributed by atoms with Gasteiger partial charge in [0, 0.05) is 24.8 Å². The fourth-order valence-corrected chi connectivity index (χ4v) is 1.96. The third-order valence-corrected chi connectivity index (χ3v) is 3.31. The van der Waals surface area contributed by atoms with Crippen LogP contribution in [0.2, 0.25) is 0 Å². The van der Waals surface area contributed by atoms with Crippen LogP contribution >= 0.6 is 22.6 Å². The lowest BCUT2D eigenvalue weighted by Crippen LogP contribution is -2.11. The predicted molar refractivity (Wildman–Crippen MR) is 73.4 cm³/mol. The van der Waals surface area contributed by atoms with Gasteiger partial charge in [0.1, 0.15) is 9.39 Å². The van der Waals surface area contributed by atoms with Crippen LogP contribution in [0.1, 0.15) is 0 Å². The van der Waals surface area contributed by atoms with Gasteiger partial charge in [-0.3, -0.25) is 0 Å². The van der Waals surface area contributed by atoms with Crippen molar-refractivity contribution in [1.82, 2.24) is 29.5 Å². The summed E-state index contributed by atoms with van der Waals surface area (Å²) in [5, 5.41) is 8.23. The quantitative estimate of drug-likeness (QED) is 0.696. The molecule has 90 valence electrons. The molecule has 0 spiro atoms. The molecule has 3 rings (SSSR count). The van der Waals surface area contributed by atoms with E-state index in [0.29, 0.717) is 17.6 Å². The molecule has 0 amide bonds. The van der Waals surface area contributed by atoms with Crippen molar-refractivity contribution in [2.45, 2.75) is 0 Å². The Hall–Kier alpha value is -1.97. The standard InChI is InChI=1S/C10H8IN7/c11-7-8(12)15-10(18-6-2-4-14-18)16-9(7)17-5-1-3-13-17/h1-6H,(H2,12,15,16). The van der Waals surface area contributed by atoms with E-state index in [1.54, 1.807) is 40.2 Å². The number of nitrogen functional groups attached to an aromatic ring is 1. The van der Waals surface area contributed by atoms with Crippen LogP contribution in [0, 0.1) is 3.57 Å². The van der Waals surface area contributed by atoms with Crippen LogP contribution in [0.4, 0.5) is 5.82 Å². The summed E-state index contributed by atoms with van der Waals surface area (Å²) in [6.07, 6.45) is 6.90. The number of nitrogens with two attached hydrogens (primary N) is 1. The van der Waals surface area contributed by atoms with Gasteiger partial charge in [0.2, 0.25) is 0 Å². The van der Waals surface area contributed by atoms with Crippen LogP contribution in [0.5, 0.6) is 0 Å². The first-order chi connectivity index (χ1) is 8.75. The molecular formula is C10H8IN7. The van der Waals surface area contributed by atoms with Gasteiger partial charge in [-0.05, 0) is 34.7 Å². The highest BCUT2D eigenvalue weighted by Crippen LogP contribution is 2.20. The Morgan fingerprint density at radius 3 is 2.28 bits per heavy atom. The Morgan fingerprint density at radius 1 is 1.00 bits per heavy atom. The van der Waals surface area contributed by atoms with Gasteiger partial charge in [-0.2, -0.15) is 20.2 Å². The molecule has 0 unspecified atom stereocenters. The molecule has 0 fully saturated rings. The lowest BCUT2D eigenvalue weighted by atomic mass is 10.5. The van der Waals surface area contributed by atoms with Crippen LogP contribution in [0.15, 0.2) is 36.9 Å². The van der Waals surface area contributed by atoms with Gasteiger partial charge in [-0.15, -0.1) is 0 Å². The Labute approximate surface area is 116 Å². The molecule has 0 aliphatic carbocycles. The van der Waals surface area contributed by atoms with E-state index in [0.717, 1.165) is 3.57 Å². The first kappa shape index (κ1) is 11.1. The van der Waals surface area contributed by atoms with E-state index in [4.69, 9.17) is 5.73 Å². The van der Waals surface area contributed by atoms with Crippen molar-refractivity contribution in [3.8, 4) is 11.8 Å². The Kier molecular flexibility index (Phi) is 2.70. The second-order valence-corrected chi connectivity index (χ2v) is 4.53. The summed E-state index contributed by atoms with van der Waals surface area (Å²) in [7, 11) is 0. The van der Waals surface area contributed by atoms with E-state index in [1.807, 2.05) is 6.07 Å². The highest BCUT2D eigenvalue weighted by Gasteiger charge is 2.13. The molecule has 0 atom stereocenters. The normalized spacial score (nSPS) is 10.7. The lowest BCUT2D eigenvalue weighted by molar-refractivity contribution is 0.772. The smallest absolute Gasteiger partial charge is 0.254 e. The predicted octanol–water partition coefficient (Wildman–Crippen LogP) is 1.03. The van der Waals surface area contributed by atoms with Crippen molar-refractivity contribution in [2.24, 2.45) is 0 Å². The molecule has 0 bridgehead atoms. The molecule has 2 N–H and O–H groups in total. The minimum absolute atomic E-state index is 0.404. The van der Waals surface area contributed by atoms with E-state index in [-0.39, 0.29) is 0 Å². The van der Waals surface area contributed by atoms with Crippen molar-refractivity contribution >= 4 is 28.4 Å². The molecule has 0 aliphatic heterocycles. The second-order valence-electron chi connectivity index (χ2n) is 3.45. The van der Waals surface area contributed by atoms with E-state index in [9.17, 15) is 0 Å². The molecule has 8 heteroatoms.